The van der Waals surface area contributed by atoms with Crippen molar-refractivity contribution in [3.8, 4) is 6.01 Å². The summed E-state index contributed by atoms with van der Waals surface area (Å²) >= 11 is 0. The minimum Gasteiger partial charge on any atom is -0.465 e. The Morgan fingerprint density at radius 2 is 2.00 bits per heavy atom. The van der Waals surface area contributed by atoms with Crippen molar-refractivity contribution in [2.75, 3.05) is 43.0 Å². The Bertz CT molecular complexity index is 730. The van der Waals surface area contributed by atoms with Gasteiger partial charge in [0.2, 0.25) is 11.9 Å². The van der Waals surface area contributed by atoms with Crippen LogP contribution in [0.25, 0.3) is 0 Å². The largest absolute Gasteiger partial charge is 0.465 e. The van der Waals surface area contributed by atoms with Crippen molar-refractivity contribution >= 4 is 11.9 Å². The summed E-state index contributed by atoms with van der Waals surface area (Å²) in [7, 11) is 0. The molecule has 0 aromatic carbocycles. The highest BCUT2D eigenvalue weighted by atomic mass is 19.4. The van der Waals surface area contributed by atoms with Gasteiger partial charge in [-0.25, -0.2) is 0 Å². The molecule has 2 aromatic rings. The summed E-state index contributed by atoms with van der Waals surface area (Å²) in [5.41, 5.74) is 0. The SMILES string of the molecule is Cc1ccc(CNc2nc(OCC(F)(F)F)nc(N3CCNCC3)n2)o1. The first-order valence-corrected chi connectivity index (χ1v) is 8.09. The van der Waals surface area contributed by atoms with E-state index in [2.05, 4.69) is 25.6 Å². The molecular formula is C15H19F3N6O2. The Kier molecular flexibility index (Phi) is 5.45. The number of halogens is 3. The zero-order valence-corrected chi connectivity index (χ0v) is 14.1. The van der Waals surface area contributed by atoms with Gasteiger partial charge >= 0.3 is 12.2 Å². The molecule has 0 bridgehead atoms. The number of nitrogens with one attached hydrogen (secondary N) is 2. The molecule has 0 saturated carbocycles. The van der Waals surface area contributed by atoms with Crippen molar-refractivity contribution < 1.29 is 22.3 Å². The van der Waals surface area contributed by atoms with Crippen LogP contribution in [0.5, 0.6) is 6.01 Å². The molecule has 1 fully saturated rings. The molecule has 2 N–H and O–H groups in total. The van der Waals surface area contributed by atoms with E-state index in [9.17, 15) is 13.2 Å². The smallest absolute Gasteiger partial charge is 0.422 e. The average Bonchev–Trinajstić information content (AvgIpc) is 3.04. The van der Waals surface area contributed by atoms with Crippen LogP contribution < -0.4 is 20.3 Å². The summed E-state index contributed by atoms with van der Waals surface area (Å²) in [6.07, 6.45) is -4.47. The number of anilines is 2. The fourth-order valence-corrected chi connectivity index (χ4v) is 2.39. The Balaban J connectivity index is 1.76. The number of piperazine rings is 1. The molecule has 142 valence electrons. The number of nitrogens with zero attached hydrogens (tertiary/aromatic N) is 4. The highest BCUT2D eigenvalue weighted by Gasteiger charge is 2.29. The van der Waals surface area contributed by atoms with Crippen LogP contribution in [0.1, 0.15) is 11.5 Å². The minimum absolute atomic E-state index is 0.125. The van der Waals surface area contributed by atoms with E-state index in [0.29, 0.717) is 18.8 Å². The van der Waals surface area contributed by atoms with Gasteiger partial charge in [0.1, 0.15) is 11.5 Å². The zero-order valence-electron chi connectivity index (χ0n) is 14.1. The van der Waals surface area contributed by atoms with Crippen LogP contribution in [-0.4, -0.2) is 53.9 Å². The molecule has 0 unspecified atom stereocenters. The number of alkyl halides is 3. The molecule has 0 amide bonds. The van der Waals surface area contributed by atoms with E-state index < -0.39 is 12.8 Å². The molecule has 3 heterocycles. The van der Waals surface area contributed by atoms with Crippen molar-refractivity contribution in [2.24, 2.45) is 0 Å². The fourth-order valence-electron chi connectivity index (χ4n) is 2.39. The molecule has 1 saturated heterocycles. The molecule has 0 aliphatic carbocycles. The van der Waals surface area contributed by atoms with Crippen LogP contribution in [0, 0.1) is 6.92 Å². The van der Waals surface area contributed by atoms with E-state index in [-0.39, 0.29) is 24.5 Å². The van der Waals surface area contributed by atoms with Gasteiger partial charge in [0, 0.05) is 26.2 Å². The summed E-state index contributed by atoms with van der Waals surface area (Å²) in [6, 6.07) is 3.24. The zero-order chi connectivity index (χ0) is 18.6. The third kappa shape index (κ3) is 5.22. The van der Waals surface area contributed by atoms with E-state index in [1.165, 1.54) is 0 Å². The van der Waals surface area contributed by atoms with Gasteiger partial charge in [0.05, 0.1) is 6.54 Å². The molecule has 0 radical (unpaired) electrons. The minimum atomic E-state index is -4.47. The second-order valence-corrected chi connectivity index (χ2v) is 5.75. The van der Waals surface area contributed by atoms with Gasteiger partial charge in [-0.3, -0.25) is 0 Å². The van der Waals surface area contributed by atoms with Crippen LogP contribution in [0.2, 0.25) is 0 Å². The molecule has 26 heavy (non-hydrogen) atoms. The van der Waals surface area contributed by atoms with Crippen LogP contribution in [0.4, 0.5) is 25.1 Å². The van der Waals surface area contributed by atoms with E-state index in [1.807, 2.05) is 17.9 Å². The van der Waals surface area contributed by atoms with Crippen molar-refractivity contribution in [3.05, 3.63) is 23.7 Å². The van der Waals surface area contributed by atoms with E-state index in [0.717, 1.165) is 18.8 Å². The van der Waals surface area contributed by atoms with Gasteiger partial charge in [-0.15, -0.1) is 0 Å². The van der Waals surface area contributed by atoms with Crippen molar-refractivity contribution in [1.29, 1.82) is 0 Å². The monoisotopic (exact) mass is 372 g/mol. The summed E-state index contributed by atoms with van der Waals surface area (Å²) in [5.74, 6) is 1.81. The van der Waals surface area contributed by atoms with Crippen LogP contribution in [0.3, 0.4) is 0 Å². The van der Waals surface area contributed by atoms with Gasteiger partial charge in [0.25, 0.3) is 0 Å². The maximum absolute atomic E-state index is 12.4. The van der Waals surface area contributed by atoms with Crippen molar-refractivity contribution in [3.63, 3.8) is 0 Å². The van der Waals surface area contributed by atoms with Crippen molar-refractivity contribution in [1.82, 2.24) is 20.3 Å². The van der Waals surface area contributed by atoms with Gasteiger partial charge < -0.3 is 24.7 Å². The molecule has 3 rings (SSSR count). The lowest BCUT2D eigenvalue weighted by Gasteiger charge is -2.27. The second kappa shape index (κ2) is 7.77. The Hall–Kier alpha value is -2.56. The number of hydrogen-bond acceptors (Lipinski definition) is 8. The van der Waals surface area contributed by atoms with Crippen molar-refractivity contribution in [2.45, 2.75) is 19.6 Å². The predicted molar refractivity (Wildman–Crippen MR) is 87.2 cm³/mol. The number of rotatable bonds is 6. The molecule has 0 spiro atoms. The van der Waals surface area contributed by atoms with Gasteiger partial charge in [-0.1, -0.05) is 0 Å². The maximum Gasteiger partial charge on any atom is 0.422 e. The van der Waals surface area contributed by atoms with Gasteiger partial charge in [-0.05, 0) is 19.1 Å². The topological polar surface area (TPSA) is 88.3 Å². The number of furan rings is 1. The number of aryl methyl sites for hydroxylation is 1. The van der Waals surface area contributed by atoms with E-state index in [1.54, 1.807) is 6.07 Å². The highest BCUT2D eigenvalue weighted by molar-refractivity contribution is 5.39. The third-order valence-corrected chi connectivity index (χ3v) is 3.58. The predicted octanol–water partition coefficient (Wildman–Crippen LogP) is 1.74. The standard InChI is InChI=1S/C15H19F3N6O2/c1-10-2-3-11(26-10)8-20-12-21-13(24-6-4-19-5-7-24)23-14(22-12)25-9-15(16,17)18/h2-3,19H,4-9H2,1H3,(H,20,21,22,23). The van der Waals surface area contributed by atoms with E-state index >= 15 is 0 Å². The number of aromatic nitrogens is 3. The number of hydrogen-bond donors (Lipinski definition) is 2. The molecule has 8 nitrogen and oxygen atoms in total. The molecule has 11 heteroatoms. The summed E-state index contributed by atoms with van der Waals surface area (Å²) in [4.78, 5) is 14.1. The van der Waals surface area contributed by atoms with E-state index in [4.69, 9.17) is 9.15 Å². The first-order valence-electron chi connectivity index (χ1n) is 8.09. The summed E-state index contributed by atoms with van der Waals surface area (Å²) < 4.78 is 47.4. The molecule has 1 aliphatic rings. The van der Waals surface area contributed by atoms with Gasteiger partial charge in [-0.2, -0.15) is 28.1 Å². The second-order valence-electron chi connectivity index (χ2n) is 5.75. The summed E-state index contributed by atoms with van der Waals surface area (Å²) in [5, 5.41) is 6.12. The highest BCUT2D eigenvalue weighted by Crippen LogP contribution is 2.20. The lowest BCUT2D eigenvalue weighted by molar-refractivity contribution is -0.154. The third-order valence-electron chi connectivity index (χ3n) is 3.58. The molecule has 2 aromatic heterocycles. The molecule has 1 aliphatic heterocycles. The Morgan fingerprint density at radius 3 is 2.65 bits per heavy atom. The summed E-state index contributed by atoms with van der Waals surface area (Å²) in [6.45, 7) is 3.39. The first-order chi connectivity index (χ1) is 12.4. The number of ether oxygens (including phenoxy) is 1. The first kappa shape index (κ1) is 18.2. The normalized spacial score (nSPS) is 15.2. The van der Waals surface area contributed by atoms with Crippen LogP contribution >= 0.6 is 0 Å². The average molecular weight is 372 g/mol. The molecule has 0 atom stereocenters. The molecular weight excluding hydrogens is 353 g/mol. The lowest BCUT2D eigenvalue weighted by Crippen LogP contribution is -2.44. The van der Waals surface area contributed by atoms with Crippen LogP contribution in [-0.2, 0) is 6.54 Å². The maximum atomic E-state index is 12.4. The quantitative estimate of drug-likeness (QED) is 0.793. The van der Waals surface area contributed by atoms with Gasteiger partial charge in [0.15, 0.2) is 6.61 Å². The Labute approximate surface area is 147 Å². The van der Waals surface area contributed by atoms with Crippen LogP contribution in [0.15, 0.2) is 16.5 Å². The Morgan fingerprint density at radius 1 is 1.23 bits per heavy atom. The fraction of sp³-hybridized carbons (Fsp3) is 0.533. The lowest BCUT2D eigenvalue weighted by atomic mass is 10.4.